The molecule has 2 amide bonds. The zero-order valence-corrected chi connectivity index (χ0v) is 21.1. The van der Waals surface area contributed by atoms with E-state index in [2.05, 4.69) is 27.2 Å². The highest BCUT2D eigenvalue weighted by molar-refractivity contribution is 6.06. The van der Waals surface area contributed by atoms with Gasteiger partial charge in [0.15, 0.2) is 17.1 Å². The molecule has 5 aromatic rings. The van der Waals surface area contributed by atoms with Gasteiger partial charge < -0.3 is 25.8 Å². The summed E-state index contributed by atoms with van der Waals surface area (Å²) in [4.78, 5) is 33.2. The molecule has 0 radical (unpaired) electrons. The molecular formula is C29H23N7O4. The molecule has 4 N–H and O–H groups in total. The summed E-state index contributed by atoms with van der Waals surface area (Å²) in [6.45, 7) is 3.81. The molecule has 11 heteroatoms. The van der Waals surface area contributed by atoms with Crippen LogP contribution < -0.4 is 25.8 Å². The number of nitrogens with zero attached hydrogens (tertiary/aromatic N) is 4. The van der Waals surface area contributed by atoms with Gasteiger partial charge in [0.2, 0.25) is 12.7 Å². The number of nitrogens with two attached hydrogens (primary N) is 1. The van der Waals surface area contributed by atoms with Crippen LogP contribution in [-0.4, -0.2) is 38.4 Å². The molecule has 0 fully saturated rings. The molecule has 2 aromatic heterocycles. The number of hydrogen-bond donors (Lipinski definition) is 3. The summed E-state index contributed by atoms with van der Waals surface area (Å²) in [5.41, 5.74) is 10.4. The summed E-state index contributed by atoms with van der Waals surface area (Å²) in [6, 6.07) is 19.8. The summed E-state index contributed by atoms with van der Waals surface area (Å²) >= 11 is 0. The predicted octanol–water partition coefficient (Wildman–Crippen LogP) is 4.23. The third-order valence-electron chi connectivity index (χ3n) is 6.33. The van der Waals surface area contributed by atoms with Crippen molar-refractivity contribution in [3.8, 4) is 22.8 Å². The van der Waals surface area contributed by atoms with Gasteiger partial charge in [-0.25, -0.2) is 14.6 Å². The van der Waals surface area contributed by atoms with Crippen LogP contribution in [-0.2, 0) is 11.3 Å². The molecule has 1 aliphatic heterocycles. The van der Waals surface area contributed by atoms with Crippen LogP contribution >= 0.6 is 0 Å². The third-order valence-corrected chi connectivity index (χ3v) is 6.33. The zero-order valence-electron chi connectivity index (χ0n) is 21.1. The molecule has 3 aromatic carbocycles. The van der Waals surface area contributed by atoms with Gasteiger partial charge in [-0.15, -0.1) is 0 Å². The Morgan fingerprint density at radius 1 is 1.00 bits per heavy atom. The number of hydrogen-bond acceptors (Lipinski definition) is 8. The fourth-order valence-electron chi connectivity index (χ4n) is 4.51. The molecule has 198 valence electrons. The Morgan fingerprint density at radius 3 is 2.65 bits per heavy atom. The van der Waals surface area contributed by atoms with Crippen molar-refractivity contribution in [3.63, 3.8) is 0 Å². The molecule has 0 saturated carbocycles. The highest BCUT2D eigenvalue weighted by Gasteiger charge is 2.28. The van der Waals surface area contributed by atoms with Gasteiger partial charge >= 0.3 is 0 Å². The van der Waals surface area contributed by atoms with Crippen molar-refractivity contribution in [2.45, 2.75) is 6.54 Å². The Kier molecular flexibility index (Phi) is 6.29. The second kappa shape index (κ2) is 10.2. The summed E-state index contributed by atoms with van der Waals surface area (Å²) in [5, 5.41) is 11.1. The van der Waals surface area contributed by atoms with E-state index in [9.17, 15) is 9.59 Å². The summed E-state index contributed by atoms with van der Waals surface area (Å²) in [6.07, 6.45) is 2.59. The molecule has 0 bridgehead atoms. The van der Waals surface area contributed by atoms with Crippen LogP contribution in [0.4, 0.5) is 17.2 Å². The normalized spacial score (nSPS) is 11.8. The maximum absolute atomic E-state index is 12.8. The highest BCUT2D eigenvalue weighted by atomic mass is 16.7. The van der Waals surface area contributed by atoms with Gasteiger partial charge in [0, 0.05) is 16.8 Å². The molecule has 1 aliphatic rings. The Labute approximate surface area is 228 Å². The number of amides is 2. The van der Waals surface area contributed by atoms with Crippen LogP contribution in [0.3, 0.4) is 0 Å². The first-order chi connectivity index (χ1) is 19.5. The minimum atomic E-state index is -0.302. The quantitative estimate of drug-likeness (QED) is 0.264. The number of nitrogens with one attached hydrogen (secondary N) is 2. The van der Waals surface area contributed by atoms with Gasteiger partial charge in [0.1, 0.15) is 17.8 Å². The Bertz CT molecular complexity index is 1780. The first kappa shape index (κ1) is 24.6. The molecule has 3 heterocycles. The second-order valence-electron chi connectivity index (χ2n) is 8.90. The van der Waals surface area contributed by atoms with Gasteiger partial charge in [-0.1, -0.05) is 36.9 Å². The average molecular weight is 534 g/mol. The van der Waals surface area contributed by atoms with E-state index >= 15 is 0 Å². The molecule has 0 spiro atoms. The zero-order chi connectivity index (χ0) is 27.6. The lowest BCUT2D eigenvalue weighted by Crippen LogP contribution is -2.12. The van der Waals surface area contributed by atoms with Crippen LogP contribution in [0.1, 0.15) is 15.9 Å². The molecule has 0 unspecified atom stereocenters. The van der Waals surface area contributed by atoms with E-state index in [0.29, 0.717) is 57.3 Å². The van der Waals surface area contributed by atoms with Crippen molar-refractivity contribution in [1.29, 1.82) is 0 Å². The number of aromatic nitrogens is 4. The lowest BCUT2D eigenvalue weighted by molar-refractivity contribution is -0.111. The fourth-order valence-corrected chi connectivity index (χ4v) is 4.51. The van der Waals surface area contributed by atoms with Gasteiger partial charge in [0.05, 0.1) is 17.6 Å². The van der Waals surface area contributed by atoms with E-state index in [1.807, 2.05) is 24.3 Å². The number of rotatable bonds is 7. The van der Waals surface area contributed by atoms with Crippen LogP contribution in [0.5, 0.6) is 11.5 Å². The van der Waals surface area contributed by atoms with Gasteiger partial charge in [-0.3, -0.25) is 9.59 Å². The van der Waals surface area contributed by atoms with Crippen molar-refractivity contribution >= 4 is 40.0 Å². The number of benzene rings is 3. The number of carbonyl (C=O) groups excluding carboxylic acids is 2. The molecule has 0 aliphatic carbocycles. The monoisotopic (exact) mass is 533 g/mol. The van der Waals surface area contributed by atoms with E-state index in [4.69, 9.17) is 20.3 Å². The maximum atomic E-state index is 12.8. The third kappa shape index (κ3) is 4.56. The molecule has 11 nitrogen and oxygen atoms in total. The van der Waals surface area contributed by atoms with Crippen LogP contribution in [0.25, 0.3) is 22.3 Å². The van der Waals surface area contributed by atoms with E-state index in [-0.39, 0.29) is 24.4 Å². The van der Waals surface area contributed by atoms with E-state index in [0.717, 1.165) is 5.56 Å². The Hall–Kier alpha value is -5.71. The first-order valence-electron chi connectivity index (χ1n) is 12.3. The van der Waals surface area contributed by atoms with E-state index in [1.54, 1.807) is 47.1 Å². The Morgan fingerprint density at radius 2 is 1.82 bits per heavy atom. The summed E-state index contributed by atoms with van der Waals surface area (Å²) in [5.74, 6) is 0.502. The maximum Gasteiger partial charge on any atom is 0.255 e. The largest absolute Gasteiger partial charge is 0.453 e. The number of ether oxygens (including phenoxy) is 2. The average Bonchev–Trinajstić information content (AvgIpc) is 3.61. The smallest absolute Gasteiger partial charge is 0.255 e. The number of fused-ring (bicyclic) bond motifs is 2. The molecular weight excluding hydrogens is 510 g/mol. The van der Waals surface area contributed by atoms with Gasteiger partial charge in [0.25, 0.3) is 5.91 Å². The van der Waals surface area contributed by atoms with Gasteiger partial charge in [-0.05, 0) is 48.0 Å². The number of nitrogen functional groups attached to an aromatic ring is 1. The van der Waals surface area contributed by atoms with Crippen molar-refractivity contribution < 1.29 is 19.1 Å². The number of anilines is 3. The minimum Gasteiger partial charge on any atom is -0.453 e. The molecule has 40 heavy (non-hydrogen) atoms. The van der Waals surface area contributed by atoms with E-state index < -0.39 is 0 Å². The van der Waals surface area contributed by atoms with Crippen molar-refractivity contribution in [2.24, 2.45) is 0 Å². The molecule has 0 saturated heterocycles. The standard InChI is InChI=1S/C29H23N7O4/c1-2-22(37)33-19-10-6-7-17(13-19)14-36-28-23(27(30)31-15-32-28)24(35-36)20-11-12-21(26-25(20)39-16-40-26)34-29(38)18-8-4-3-5-9-18/h2-13,15H,1,14,16H2,(H,33,37)(H,34,38)(H2,30,31,32). The molecule has 6 rings (SSSR count). The van der Waals surface area contributed by atoms with Crippen LogP contribution in [0.2, 0.25) is 0 Å². The summed E-state index contributed by atoms with van der Waals surface area (Å²) < 4.78 is 13.3. The van der Waals surface area contributed by atoms with Gasteiger partial charge in [-0.2, -0.15) is 5.10 Å². The van der Waals surface area contributed by atoms with Crippen LogP contribution in [0.15, 0.2) is 85.7 Å². The first-order valence-corrected chi connectivity index (χ1v) is 12.3. The highest BCUT2D eigenvalue weighted by Crippen LogP contribution is 2.47. The van der Waals surface area contributed by atoms with Crippen molar-refractivity contribution in [1.82, 2.24) is 19.7 Å². The van der Waals surface area contributed by atoms with Crippen LogP contribution in [0, 0.1) is 0 Å². The Balaban J connectivity index is 1.39. The number of carbonyl (C=O) groups is 2. The topological polar surface area (TPSA) is 146 Å². The van der Waals surface area contributed by atoms with Crippen molar-refractivity contribution in [3.05, 3.63) is 96.8 Å². The predicted molar refractivity (Wildman–Crippen MR) is 150 cm³/mol. The lowest BCUT2D eigenvalue weighted by atomic mass is 10.1. The van der Waals surface area contributed by atoms with E-state index in [1.165, 1.54) is 12.4 Å². The summed E-state index contributed by atoms with van der Waals surface area (Å²) in [7, 11) is 0. The molecule has 0 atom stereocenters. The lowest BCUT2D eigenvalue weighted by Gasteiger charge is -2.11. The second-order valence-corrected chi connectivity index (χ2v) is 8.90. The minimum absolute atomic E-state index is 0.0194. The fraction of sp³-hybridized carbons (Fsp3) is 0.0690. The van der Waals surface area contributed by atoms with Crippen molar-refractivity contribution in [2.75, 3.05) is 23.2 Å². The SMILES string of the molecule is C=CC(=O)Nc1cccc(Cn2nc(-c3ccc(NC(=O)c4ccccc4)c4c3OCO4)c3c(N)ncnc32)c1.